The molecule has 1 aliphatic rings. The van der Waals surface area contributed by atoms with Crippen LogP contribution in [-0.2, 0) is 0 Å². The van der Waals surface area contributed by atoms with E-state index in [1.165, 1.54) is 6.07 Å². The van der Waals surface area contributed by atoms with Gasteiger partial charge in [-0.1, -0.05) is 41.9 Å². The molecule has 0 saturated carbocycles. The Morgan fingerprint density at radius 2 is 1.71 bits per heavy atom. The molecule has 28 heavy (non-hydrogen) atoms. The lowest BCUT2D eigenvalue weighted by molar-refractivity contribution is 0.312. The van der Waals surface area contributed by atoms with E-state index in [1.807, 2.05) is 36.4 Å². The maximum Gasteiger partial charge on any atom is 0.163 e. The Morgan fingerprint density at radius 3 is 2.43 bits per heavy atom. The van der Waals surface area contributed by atoms with Gasteiger partial charge in [0.2, 0.25) is 0 Å². The van der Waals surface area contributed by atoms with E-state index in [1.54, 1.807) is 12.1 Å². The first-order valence-electron chi connectivity index (χ1n) is 9.18. The highest BCUT2D eigenvalue weighted by Gasteiger charge is 2.18. The van der Waals surface area contributed by atoms with Gasteiger partial charge < -0.3 is 15.1 Å². The number of piperazine rings is 1. The van der Waals surface area contributed by atoms with E-state index in [4.69, 9.17) is 16.6 Å². The van der Waals surface area contributed by atoms with Gasteiger partial charge >= 0.3 is 0 Å². The van der Waals surface area contributed by atoms with Crippen LogP contribution in [0, 0.1) is 5.82 Å². The molecule has 2 heterocycles. The van der Waals surface area contributed by atoms with Crippen molar-refractivity contribution >= 4 is 28.9 Å². The molecule has 1 saturated heterocycles. The maximum atomic E-state index is 13.5. The molecule has 1 fully saturated rings. The second-order valence-corrected chi connectivity index (χ2v) is 7.25. The minimum Gasteiger partial charge on any atom is -0.354 e. The van der Waals surface area contributed by atoms with E-state index in [2.05, 4.69) is 27.1 Å². The number of aromatic nitrogens is 2. The third-order valence-corrected chi connectivity index (χ3v) is 5.05. The predicted molar refractivity (Wildman–Crippen MR) is 112 cm³/mol. The molecule has 0 spiro atoms. The summed E-state index contributed by atoms with van der Waals surface area (Å²) in [6, 6.07) is 16.3. The first-order valence-corrected chi connectivity index (χ1v) is 9.56. The van der Waals surface area contributed by atoms with E-state index >= 15 is 0 Å². The largest absolute Gasteiger partial charge is 0.354 e. The number of rotatable bonds is 4. The van der Waals surface area contributed by atoms with Crippen molar-refractivity contribution in [1.29, 1.82) is 0 Å². The topological polar surface area (TPSA) is 44.3 Å². The molecular weight excluding hydrogens is 377 g/mol. The van der Waals surface area contributed by atoms with Gasteiger partial charge in [-0.25, -0.2) is 14.4 Å². The Kier molecular flexibility index (Phi) is 5.41. The molecule has 0 atom stereocenters. The van der Waals surface area contributed by atoms with Crippen LogP contribution in [0.5, 0.6) is 0 Å². The van der Waals surface area contributed by atoms with Crippen LogP contribution in [0.1, 0.15) is 0 Å². The van der Waals surface area contributed by atoms with E-state index < -0.39 is 5.82 Å². The van der Waals surface area contributed by atoms with Crippen LogP contribution >= 0.6 is 11.6 Å². The first kappa shape index (κ1) is 18.7. The van der Waals surface area contributed by atoms with Crippen molar-refractivity contribution in [3.8, 4) is 11.4 Å². The highest BCUT2D eigenvalue weighted by Crippen LogP contribution is 2.27. The Bertz CT molecular complexity index is 958. The second kappa shape index (κ2) is 8.12. The fraction of sp³-hybridized carbons (Fsp3) is 0.238. The summed E-state index contributed by atoms with van der Waals surface area (Å²) in [5.74, 6) is 1.72. The Labute approximate surface area is 168 Å². The molecule has 1 aliphatic heterocycles. The zero-order valence-corrected chi connectivity index (χ0v) is 16.3. The van der Waals surface area contributed by atoms with Gasteiger partial charge in [-0.3, -0.25) is 0 Å². The lowest BCUT2D eigenvalue weighted by Gasteiger charge is -2.33. The summed E-state index contributed by atoms with van der Waals surface area (Å²) in [7, 11) is 2.12. The van der Waals surface area contributed by atoms with Gasteiger partial charge in [-0.15, -0.1) is 0 Å². The lowest BCUT2D eigenvalue weighted by atomic mass is 10.2. The van der Waals surface area contributed by atoms with Crippen molar-refractivity contribution in [3.05, 3.63) is 65.4 Å². The Morgan fingerprint density at radius 1 is 0.964 bits per heavy atom. The maximum absolute atomic E-state index is 13.5. The van der Waals surface area contributed by atoms with Gasteiger partial charge in [0.1, 0.15) is 17.5 Å². The molecule has 0 bridgehead atoms. The summed E-state index contributed by atoms with van der Waals surface area (Å²) in [6.07, 6.45) is 0. The number of hydrogen-bond acceptors (Lipinski definition) is 5. The number of halogens is 2. The molecule has 0 unspecified atom stereocenters. The number of hydrogen-bond donors (Lipinski definition) is 1. The predicted octanol–water partition coefficient (Wildman–Crippen LogP) is 4.43. The van der Waals surface area contributed by atoms with Crippen molar-refractivity contribution < 1.29 is 4.39 Å². The fourth-order valence-electron chi connectivity index (χ4n) is 3.13. The summed E-state index contributed by atoms with van der Waals surface area (Å²) >= 11 is 5.91. The van der Waals surface area contributed by atoms with Gasteiger partial charge in [0.05, 0.1) is 5.02 Å². The zero-order valence-electron chi connectivity index (χ0n) is 15.6. The van der Waals surface area contributed by atoms with Crippen LogP contribution in [-0.4, -0.2) is 48.1 Å². The summed E-state index contributed by atoms with van der Waals surface area (Å²) in [5, 5.41) is 3.30. The molecule has 1 aromatic heterocycles. The highest BCUT2D eigenvalue weighted by atomic mass is 35.5. The van der Waals surface area contributed by atoms with E-state index in [9.17, 15) is 4.39 Å². The van der Waals surface area contributed by atoms with Crippen LogP contribution in [0.2, 0.25) is 5.02 Å². The Hall–Kier alpha value is -2.70. The first-order chi connectivity index (χ1) is 13.6. The number of nitrogens with one attached hydrogen (secondary N) is 1. The average Bonchev–Trinajstić information content (AvgIpc) is 2.72. The SMILES string of the molecule is CN1CCN(c2cc(Nc3ccc(F)c(Cl)c3)nc(-c3ccccc3)n2)CC1. The monoisotopic (exact) mass is 397 g/mol. The minimum atomic E-state index is -0.446. The van der Waals surface area contributed by atoms with Crippen molar-refractivity contribution in [2.75, 3.05) is 43.4 Å². The number of anilines is 3. The molecule has 4 rings (SSSR count). The second-order valence-electron chi connectivity index (χ2n) is 6.85. The van der Waals surface area contributed by atoms with Gasteiger partial charge in [-0.05, 0) is 25.2 Å². The van der Waals surface area contributed by atoms with Gasteiger partial charge in [0.15, 0.2) is 5.82 Å². The van der Waals surface area contributed by atoms with Crippen LogP contribution in [0.4, 0.5) is 21.7 Å². The lowest BCUT2D eigenvalue weighted by Crippen LogP contribution is -2.44. The van der Waals surface area contributed by atoms with Gasteiger partial charge in [-0.2, -0.15) is 0 Å². The molecule has 3 aromatic rings. The molecule has 5 nitrogen and oxygen atoms in total. The van der Waals surface area contributed by atoms with Crippen molar-refractivity contribution in [3.63, 3.8) is 0 Å². The normalized spacial score (nSPS) is 14.9. The fourth-order valence-corrected chi connectivity index (χ4v) is 3.31. The smallest absolute Gasteiger partial charge is 0.163 e. The highest BCUT2D eigenvalue weighted by molar-refractivity contribution is 6.31. The number of benzene rings is 2. The standard InChI is InChI=1S/C21H21ClFN5/c1-27-9-11-28(12-10-27)20-14-19(24-16-7-8-18(23)17(22)13-16)25-21(26-20)15-5-3-2-4-6-15/h2-8,13-14H,9-12H2,1H3,(H,24,25,26). The van der Waals surface area contributed by atoms with Crippen LogP contribution in [0.3, 0.4) is 0 Å². The third-order valence-electron chi connectivity index (χ3n) is 4.76. The summed E-state index contributed by atoms with van der Waals surface area (Å²) in [4.78, 5) is 14.0. The van der Waals surface area contributed by atoms with E-state index in [0.29, 0.717) is 17.3 Å². The molecule has 2 aromatic carbocycles. The molecule has 0 aliphatic carbocycles. The molecule has 0 radical (unpaired) electrons. The van der Waals surface area contributed by atoms with Crippen LogP contribution in [0.15, 0.2) is 54.6 Å². The number of likely N-dealkylation sites (N-methyl/N-ethyl adjacent to an activating group) is 1. The minimum absolute atomic E-state index is 0.0710. The van der Waals surface area contributed by atoms with Crippen LogP contribution in [0.25, 0.3) is 11.4 Å². The molecule has 144 valence electrons. The van der Waals surface area contributed by atoms with Crippen molar-refractivity contribution in [1.82, 2.24) is 14.9 Å². The molecule has 7 heteroatoms. The van der Waals surface area contributed by atoms with Crippen molar-refractivity contribution in [2.45, 2.75) is 0 Å². The summed E-state index contributed by atoms with van der Waals surface area (Å²) < 4.78 is 13.5. The average molecular weight is 398 g/mol. The van der Waals surface area contributed by atoms with Gasteiger partial charge in [0, 0.05) is 43.5 Å². The summed E-state index contributed by atoms with van der Waals surface area (Å²) in [5.41, 5.74) is 1.62. The quantitative estimate of drug-likeness (QED) is 0.705. The zero-order chi connectivity index (χ0) is 19.5. The molecule has 0 amide bonds. The molecule has 1 N–H and O–H groups in total. The molecular formula is C21H21ClFN5. The Balaban J connectivity index is 1.70. The third kappa shape index (κ3) is 4.24. The van der Waals surface area contributed by atoms with Gasteiger partial charge in [0.25, 0.3) is 0 Å². The van der Waals surface area contributed by atoms with Crippen LogP contribution < -0.4 is 10.2 Å². The van der Waals surface area contributed by atoms with E-state index in [0.717, 1.165) is 37.6 Å². The van der Waals surface area contributed by atoms with Crippen molar-refractivity contribution in [2.24, 2.45) is 0 Å². The summed E-state index contributed by atoms with van der Waals surface area (Å²) in [6.45, 7) is 3.79. The number of nitrogens with zero attached hydrogens (tertiary/aromatic N) is 4. The van der Waals surface area contributed by atoms with E-state index in [-0.39, 0.29) is 5.02 Å².